The molecule has 0 aliphatic carbocycles. The summed E-state index contributed by atoms with van der Waals surface area (Å²) >= 11 is 0. The Morgan fingerprint density at radius 2 is 1.95 bits per heavy atom. The molecule has 0 radical (unpaired) electrons. The van der Waals surface area contributed by atoms with Crippen LogP contribution in [-0.2, 0) is 4.79 Å². The van der Waals surface area contributed by atoms with Crippen LogP contribution >= 0.6 is 0 Å². The van der Waals surface area contributed by atoms with Crippen LogP contribution in [0, 0.1) is 0 Å². The average molecular weight is 262 g/mol. The predicted molar refractivity (Wildman–Crippen MR) is 80.0 cm³/mol. The van der Waals surface area contributed by atoms with Gasteiger partial charge in [-0.15, -0.1) is 0 Å². The van der Waals surface area contributed by atoms with E-state index in [4.69, 9.17) is 5.73 Å². The van der Waals surface area contributed by atoms with Crippen molar-refractivity contribution in [1.29, 1.82) is 0 Å². The van der Waals surface area contributed by atoms with E-state index in [1.807, 2.05) is 32.0 Å². The normalized spacial score (nSPS) is 13.1. The number of amides is 1. The SMILES string of the molecule is CC(CCNC(=O)CCC(C)(C)N)c1ccccc1. The van der Waals surface area contributed by atoms with E-state index in [-0.39, 0.29) is 11.4 Å². The summed E-state index contributed by atoms with van der Waals surface area (Å²) in [6.07, 6.45) is 2.18. The smallest absolute Gasteiger partial charge is 0.220 e. The summed E-state index contributed by atoms with van der Waals surface area (Å²) in [5.74, 6) is 0.561. The molecular formula is C16H26N2O. The summed E-state index contributed by atoms with van der Waals surface area (Å²) in [5, 5.41) is 2.96. The molecule has 1 aromatic carbocycles. The second kappa shape index (κ2) is 7.29. The van der Waals surface area contributed by atoms with Crippen LogP contribution in [0.5, 0.6) is 0 Å². The van der Waals surface area contributed by atoms with Gasteiger partial charge in [0.2, 0.25) is 5.91 Å². The van der Waals surface area contributed by atoms with Crippen LogP contribution in [0.15, 0.2) is 30.3 Å². The lowest BCUT2D eigenvalue weighted by molar-refractivity contribution is -0.121. The minimum atomic E-state index is -0.269. The van der Waals surface area contributed by atoms with Crippen molar-refractivity contribution in [2.75, 3.05) is 6.54 Å². The first kappa shape index (κ1) is 15.7. The highest BCUT2D eigenvalue weighted by atomic mass is 16.1. The summed E-state index contributed by atoms with van der Waals surface area (Å²) in [6.45, 7) is 6.79. The Bertz CT molecular complexity index is 381. The molecule has 0 bridgehead atoms. The number of carbonyl (C=O) groups is 1. The van der Waals surface area contributed by atoms with Gasteiger partial charge < -0.3 is 11.1 Å². The number of carbonyl (C=O) groups excluding carboxylic acids is 1. The predicted octanol–water partition coefficient (Wildman–Crippen LogP) is 2.81. The highest BCUT2D eigenvalue weighted by molar-refractivity contribution is 5.75. The summed E-state index contributed by atoms with van der Waals surface area (Å²) < 4.78 is 0. The molecule has 0 saturated heterocycles. The van der Waals surface area contributed by atoms with Gasteiger partial charge in [-0.3, -0.25) is 4.79 Å². The third kappa shape index (κ3) is 6.97. The van der Waals surface area contributed by atoms with Crippen molar-refractivity contribution in [2.45, 2.75) is 51.5 Å². The summed E-state index contributed by atoms with van der Waals surface area (Å²) in [6, 6.07) is 10.4. The monoisotopic (exact) mass is 262 g/mol. The van der Waals surface area contributed by atoms with Crippen LogP contribution < -0.4 is 11.1 Å². The van der Waals surface area contributed by atoms with Gasteiger partial charge in [-0.2, -0.15) is 0 Å². The van der Waals surface area contributed by atoms with Gasteiger partial charge in [-0.25, -0.2) is 0 Å². The highest BCUT2D eigenvalue weighted by Gasteiger charge is 2.13. The van der Waals surface area contributed by atoms with E-state index in [2.05, 4.69) is 24.4 Å². The maximum Gasteiger partial charge on any atom is 0.220 e. The van der Waals surface area contributed by atoms with E-state index in [9.17, 15) is 4.79 Å². The van der Waals surface area contributed by atoms with Gasteiger partial charge in [-0.1, -0.05) is 37.3 Å². The lowest BCUT2D eigenvalue weighted by Crippen LogP contribution is -2.34. The third-order valence-electron chi connectivity index (χ3n) is 3.26. The van der Waals surface area contributed by atoms with E-state index in [1.165, 1.54) is 5.56 Å². The first-order valence-corrected chi connectivity index (χ1v) is 6.99. The fourth-order valence-corrected chi connectivity index (χ4v) is 1.90. The van der Waals surface area contributed by atoms with Crippen LogP contribution in [0.25, 0.3) is 0 Å². The van der Waals surface area contributed by atoms with Crippen molar-refractivity contribution < 1.29 is 4.79 Å². The van der Waals surface area contributed by atoms with E-state index in [0.717, 1.165) is 13.0 Å². The molecule has 19 heavy (non-hydrogen) atoms. The Balaban J connectivity index is 2.22. The zero-order valence-electron chi connectivity index (χ0n) is 12.3. The Labute approximate surface area is 116 Å². The van der Waals surface area contributed by atoms with Gasteiger partial charge in [-0.05, 0) is 38.2 Å². The number of rotatable bonds is 7. The van der Waals surface area contributed by atoms with Crippen LogP contribution in [0.4, 0.5) is 0 Å². The first-order chi connectivity index (χ1) is 8.88. The molecule has 0 aliphatic heterocycles. The van der Waals surface area contributed by atoms with Crippen molar-refractivity contribution in [3.05, 3.63) is 35.9 Å². The summed E-state index contributed by atoms with van der Waals surface area (Å²) in [7, 11) is 0. The molecule has 1 amide bonds. The molecular weight excluding hydrogens is 236 g/mol. The number of nitrogens with two attached hydrogens (primary N) is 1. The molecule has 0 aliphatic rings. The number of benzene rings is 1. The Hall–Kier alpha value is -1.35. The Morgan fingerprint density at radius 3 is 2.53 bits per heavy atom. The van der Waals surface area contributed by atoms with E-state index in [0.29, 0.717) is 18.8 Å². The van der Waals surface area contributed by atoms with Crippen molar-refractivity contribution in [3.63, 3.8) is 0 Å². The molecule has 0 saturated carbocycles. The van der Waals surface area contributed by atoms with Crippen LogP contribution in [0.1, 0.15) is 51.5 Å². The number of hydrogen-bond donors (Lipinski definition) is 2. The van der Waals surface area contributed by atoms with E-state index < -0.39 is 0 Å². The molecule has 0 heterocycles. The molecule has 0 spiro atoms. The van der Waals surface area contributed by atoms with Crippen LogP contribution in [0.2, 0.25) is 0 Å². The number of nitrogens with one attached hydrogen (secondary N) is 1. The second-order valence-corrected chi connectivity index (χ2v) is 5.94. The molecule has 106 valence electrons. The van der Waals surface area contributed by atoms with Crippen molar-refractivity contribution in [3.8, 4) is 0 Å². The van der Waals surface area contributed by atoms with Crippen molar-refractivity contribution in [2.24, 2.45) is 5.73 Å². The maximum atomic E-state index is 11.6. The van der Waals surface area contributed by atoms with E-state index >= 15 is 0 Å². The second-order valence-electron chi connectivity index (χ2n) is 5.94. The molecule has 1 atom stereocenters. The van der Waals surface area contributed by atoms with Gasteiger partial charge in [0.15, 0.2) is 0 Å². The Kier molecular flexibility index (Phi) is 6.03. The van der Waals surface area contributed by atoms with Crippen molar-refractivity contribution in [1.82, 2.24) is 5.32 Å². The molecule has 1 rings (SSSR count). The standard InChI is InChI=1S/C16H26N2O/c1-13(14-7-5-4-6-8-14)10-12-18-15(19)9-11-16(2,3)17/h4-8,13H,9-12,17H2,1-3H3,(H,18,19). The van der Waals surface area contributed by atoms with Gasteiger partial charge >= 0.3 is 0 Å². The van der Waals surface area contributed by atoms with Gasteiger partial charge in [0.25, 0.3) is 0 Å². The van der Waals surface area contributed by atoms with Gasteiger partial charge in [0, 0.05) is 18.5 Å². The van der Waals surface area contributed by atoms with Crippen LogP contribution in [-0.4, -0.2) is 18.0 Å². The molecule has 3 nitrogen and oxygen atoms in total. The zero-order chi connectivity index (χ0) is 14.3. The van der Waals surface area contributed by atoms with Crippen LogP contribution in [0.3, 0.4) is 0 Å². The molecule has 3 heteroatoms. The van der Waals surface area contributed by atoms with Gasteiger partial charge in [0.05, 0.1) is 0 Å². The van der Waals surface area contributed by atoms with Crippen molar-refractivity contribution >= 4 is 5.91 Å². The number of hydrogen-bond acceptors (Lipinski definition) is 2. The van der Waals surface area contributed by atoms with E-state index in [1.54, 1.807) is 0 Å². The fraction of sp³-hybridized carbons (Fsp3) is 0.562. The summed E-state index contributed by atoms with van der Waals surface area (Å²) in [5.41, 5.74) is 6.91. The quantitative estimate of drug-likeness (QED) is 0.794. The molecule has 0 fully saturated rings. The molecule has 1 aromatic rings. The Morgan fingerprint density at radius 1 is 1.32 bits per heavy atom. The largest absolute Gasteiger partial charge is 0.356 e. The average Bonchev–Trinajstić information content (AvgIpc) is 2.36. The third-order valence-corrected chi connectivity index (χ3v) is 3.26. The van der Waals surface area contributed by atoms with Gasteiger partial charge in [0.1, 0.15) is 0 Å². The zero-order valence-corrected chi connectivity index (χ0v) is 12.3. The maximum absolute atomic E-state index is 11.6. The minimum absolute atomic E-state index is 0.0961. The summed E-state index contributed by atoms with van der Waals surface area (Å²) in [4.78, 5) is 11.6. The fourth-order valence-electron chi connectivity index (χ4n) is 1.90. The molecule has 0 aromatic heterocycles. The minimum Gasteiger partial charge on any atom is -0.356 e. The molecule has 3 N–H and O–H groups in total. The lowest BCUT2D eigenvalue weighted by atomic mass is 9.97. The lowest BCUT2D eigenvalue weighted by Gasteiger charge is -2.18. The topological polar surface area (TPSA) is 55.1 Å². The first-order valence-electron chi connectivity index (χ1n) is 6.99. The molecule has 1 unspecified atom stereocenters. The highest BCUT2D eigenvalue weighted by Crippen LogP contribution is 2.17.